The number of nitrogens with two attached hydrogens (primary N) is 1. The van der Waals surface area contributed by atoms with Gasteiger partial charge in [-0.05, 0) is 55.9 Å². The van der Waals surface area contributed by atoms with Crippen LogP contribution in [-0.2, 0) is 25.6 Å². The largest absolute Gasteiger partial charge is 0.363 e. The fourth-order valence-corrected chi connectivity index (χ4v) is 5.81. The number of rotatable bonds is 16. The SMILES string of the molecule is CC.CCC.CCCCCC(C)(Cc1ccccc1)NC(=O)NC(C(=O)N1CCC[C@H]1C(=O)NC(CC(C)CC)C(=O)C(N)=O)C(C)(C)C. The number of carbonyl (C=O) groups excluding carboxylic acids is 5. The summed E-state index contributed by atoms with van der Waals surface area (Å²) in [6, 6.07) is 6.80. The van der Waals surface area contributed by atoms with Gasteiger partial charge in [-0.1, -0.05) is 132 Å². The molecule has 49 heavy (non-hydrogen) atoms. The van der Waals surface area contributed by atoms with Crippen molar-refractivity contribution in [2.24, 2.45) is 17.1 Å². The molecule has 0 aliphatic carbocycles. The Morgan fingerprint density at radius 2 is 1.53 bits per heavy atom. The van der Waals surface area contributed by atoms with E-state index in [1.165, 1.54) is 11.3 Å². The zero-order valence-corrected chi connectivity index (χ0v) is 32.5. The lowest BCUT2D eigenvalue weighted by atomic mass is 9.85. The number of likely N-dealkylation sites (tertiary alicyclic amines) is 1. The Morgan fingerprint density at radius 3 is 2.04 bits per heavy atom. The van der Waals surface area contributed by atoms with Gasteiger partial charge in [0.1, 0.15) is 12.1 Å². The third-order valence-corrected chi connectivity index (χ3v) is 8.62. The summed E-state index contributed by atoms with van der Waals surface area (Å²) < 4.78 is 0. The average Bonchev–Trinajstić information content (AvgIpc) is 3.54. The number of urea groups is 1. The van der Waals surface area contributed by atoms with Crippen LogP contribution in [-0.4, -0.2) is 64.6 Å². The van der Waals surface area contributed by atoms with Gasteiger partial charge in [-0.2, -0.15) is 0 Å². The molecule has 5 amide bonds. The first kappa shape index (κ1) is 45.6. The molecule has 1 aliphatic heterocycles. The number of nitrogens with zero attached hydrogens (tertiary/aromatic N) is 1. The van der Waals surface area contributed by atoms with Crippen LogP contribution in [0.3, 0.4) is 0 Å². The zero-order valence-electron chi connectivity index (χ0n) is 32.5. The van der Waals surface area contributed by atoms with E-state index in [2.05, 4.69) is 36.7 Å². The van der Waals surface area contributed by atoms with Gasteiger partial charge >= 0.3 is 6.03 Å². The van der Waals surface area contributed by atoms with Crippen molar-refractivity contribution in [3.63, 3.8) is 0 Å². The number of ketones is 1. The Hall–Kier alpha value is -3.43. The topological polar surface area (TPSA) is 151 Å². The van der Waals surface area contributed by atoms with Crippen LogP contribution < -0.4 is 21.7 Å². The molecule has 1 aliphatic rings. The van der Waals surface area contributed by atoms with Crippen molar-refractivity contribution in [3.8, 4) is 0 Å². The van der Waals surface area contributed by atoms with Crippen LogP contribution in [0.1, 0.15) is 140 Å². The highest BCUT2D eigenvalue weighted by Gasteiger charge is 2.43. The molecule has 1 aromatic rings. The highest BCUT2D eigenvalue weighted by atomic mass is 16.2. The molecular formula is C39H69N5O5. The Labute approximate surface area is 297 Å². The maximum Gasteiger partial charge on any atom is 0.315 e. The van der Waals surface area contributed by atoms with E-state index < -0.39 is 52.7 Å². The summed E-state index contributed by atoms with van der Waals surface area (Å²) in [4.78, 5) is 66.7. The second kappa shape index (κ2) is 23.1. The summed E-state index contributed by atoms with van der Waals surface area (Å²) in [6.45, 7) is 22.3. The van der Waals surface area contributed by atoms with E-state index >= 15 is 0 Å². The van der Waals surface area contributed by atoms with Crippen LogP contribution in [0.4, 0.5) is 4.79 Å². The van der Waals surface area contributed by atoms with E-state index in [-0.39, 0.29) is 18.2 Å². The summed E-state index contributed by atoms with van der Waals surface area (Å²) >= 11 is 0. The lowest BCUT2D eigenvalue weighted by Gasteiger charge is -2.37. The molecule has 2 rings (SSSR count). The molecule has 0 spiro atoms. The number of amides is 5. The van der Waals surface area contributed by atoms with E-state index in [9.17, 15) is 24.0 Å². The first-order valence-corrected chi connectivity index (χ1v) is 18.6. The van der Waals surface area contributed by atoms with Crippen molar-refractivity contribution in [2.75, 3.05) is 6.54 Å². The van der Waals surface area contributed by atoms with Gasteiger partial charge < -0.3 is 26.6 Å². The Bertz CT molecular complexity index is 1150. The quantitative estimate of drug-likeness (QED) is 0.113. The van der Waals surface area contributed by atoms with Crippen molar-refractivity contribution in [2.45, 2.75) is 164 Å². The monoisotopic (exact) mass is 688 g/mol. The van der Waals surface area contributed by atoms with Gasteiger partial charge in [-0.25, -0.2) is 4.79 Å². The molecule has 10 heteroatoms. The molecule has 280 valence electrons. The number of hydrogen-bond donors (Lipinski definition) is 4. The van der Waals surface area contributed by atoms with E-state index in [1.54, 1.807) is 0 Å². The van der Waals surface area contributed by atoms with Crippen molar-refractivity contribution in [1.82, 2.24) is 20.9 Å². The van der Waals surface area contributed by atoms with Gasteiger partial charge in [0, 0.05) is 12.1 Å². The van der Waals surface area contributed by atoms with Gasteiger partial charge in [0.25, 0.3) is 5.91 Å². The van der Waals surface area contributed by atoms with Crippen LogP contribution in [0.15, 0.2) is 30.3 Å². The minimum Gasteiger partial charge on any atom is -0.363 e. The third-order valence-electron chi connectivity index (χ3n) is 8.62. The Kier molecular flexibility index (Phi) is 21.4. The molecule has 4 unspecified atom stereocenters. The van der Waals surface area contributed by atoms with Gasteiger partial charge in [0.15, 0.2) is 0 Å². The van der Waals surface area contributed by atoms with Crippen LogP contribution >= 0.6 is 0 Å². The summed E-state index contributed by atoms with van der Waals surface area (Å²) in [5, 5.41) is 8.82. The maximum atomic E-state index is 14.0. The molecule has 1 aromatic carbocycles. The second-order valence-corrected chi connectivity index (χ2v) is 14.5. The van der Waals surface area contributed by atoms with Gasteiger partial charge in [0.05, 0.1) is 6.04 Å². The van der Waals surface area contributed by atoms with Gasteiger partial charge in [0.2, 0.25) is 17.6 Å². The number of carbonyl (C=O) groups is 5. The van der Waals surface area contributed by atoms with E-state index in [0.717, 1.165) is 37.7 Å². The standard InChI is InChI=1S/C34H55N5O5.C3H8.C2H6/c1-8-10-14-19-34(7,22-24-16-12-11-13-17-24)38-32(44)37-28(33(4,5)6)31(43)39-20-15-18-26(39)30(42)36-25(21-23(3)9-2)27(40)29(35)41;1-3-2;1-2/h11-13,16-17,23,25-26,28H,8-10,14-15,18-22H2,1-7H3,(H2,35,41)(H,36,42)(H2,37,38,44);3H2,1-2H3;1-2H3/t23?,25?,26-,28?,34?;;/m0../s1. The van der Waals surface area contributed by atoms with E-state index in [4.69, 9.17) is 5.73 Å². The van der Waals surface area contributed by atoms with E-state index in [0.29, 0.717) is 25.8 Å². The highest BCUT2D eigenvalue weighted by Crippen LogP contribution is 2.27. The number of nitrogens with one attached hydrogen (secondary N) is 3. The van der Waals surface area contributed by atoms with Crippen molar-refractivity contribution in [1.29, 1.82) is 0 Å². The van der Waals surface area contributed by atoms with Gasteiger partial charge in [-0.15, -0.1) is 0 Å². The Balaban J connectivity index is 0.00000435. The number of benzene rings is 1. The molecule has 1 heterocycles. The summed E-state index contributed by atoms with van der Waals surface area (Å²) in [5.41, 5.74) is 5.19. The van der Waals surface area contributed by atoms with E-state index in [1.807, 2.05) is 85.7 Å². The minimum absolute atomic E-state index is 0.0763. The summed E-state index contributed by atoms with van der Waals surface area (Å²) in [5.74, 6) is -2.73. The number of hydrogen-bond acceptors (Lipinski definition) is 5. The third kappa shape index (κ3) is 16.2. The van der Waals surface area contributed by atoms with Crippen molar-refractivity contribution < 1.29 is 24.0 Å². The molecule has 1 fully saturated rings. The zero-order chi connectivity index (χ0) is 37.8. The minimum atomic E-state index is -1.10. The molecule has 0 bridgehead atoms. The number of Topliss-reactive ketones (excluding diaryl/α,β-unsaturated/α-hetero) is 1. The normalized spacial score (nSPS) is 17.0. The molecule has 5 atom stereocenters. The fraction of sp³-hybridized carbons (Fsp3) is 0.718. The average molecular weight is 688 g/mol. The fourth-order valence-electron chi connectivity index (χ4n) is 5.81. The van der Waals surface area contributed by atoms with Crippen molar-refractivity contribution in [3.05, 3.63) is 35.9 Å². The summed E-state index contributed by atoms with van der Waals surface area (Å²) in [7, 11) is 0. The van der Waals surface area contributed by atoms with Crippen molar-refractivity contribution >= 4 is 29.5 Å². The molecule has 5 N–H and O–H groups in total. The predicted octanol–water partition coefficient (Wildman–Crippen LogP) is 6.69. The molecule has 0 aromatic heterocycles. The summed E-state index contributed by atoms with van der Waals surface area (Å²) in [6.07, 6.45) is 7.80. The molecule has 10 nitrogen and oxygen atoms in total. The lowest BCUT2D eigenvalue weighted by Crippen LogP contribution is -2.61. The number of unbranched alkanes of at least 4 members (excludes halogenated alkanes) is 2. The van der Waals surface area contributed by atoms with Crippen LogP contribution in [0.5, 0.6) is 0 Å². The first-order valence-electron chi connectivity index (χ1n) is 18.6. The molecular weight excluding hydrogens is 618 g/mol. The first-order chi connectivity index (χ1) is 23.0. The predicted molar refractivity (Wildman–Crippen MR) is 200 cm³/mol. The maximum absolute atomic E-state index is 14.0. The Morgan fingerprint density at radius 1 is 0.939 bits per heavy atom. The van der Waals surface area contributed by atoms with Crippen LogP contribution in [0, 0.1) is 11.3 Å². The highest BCUT2D eigenvalue weighted by molar-refractivity contribution is 6.37. The van der Waals surface area contributed by atoms with Crippen LogP contribution in [0.25, 0.3) is 0 Å². The molecule has 1 saturated heterocycles. The van der Waals surface area contributed by atoms with Crippen LogP contribution in [0.2, 0.25) is 0 Å². The molecule has 0 radical (unpaired) electrons. The van der Waals surface area contributed by atoms with Gasteiger partial charge in [-0.3, -0.25) is 19.2 Å². The number of primary amides is 1. The smallest absolute Gasteiger partial charge is 0.315 e. The molecule has 0 saturated carbocycles. The second-order valence-electron chi connectivity index (χ2n) is 14.5. The lowest BCUT2D eigenvalue weighted by molar-refractivity contribution is -0.143.